The lowest BCUT2D eigenvalue weighted by molar-refractivity contribution is 0.0972. The van der Waals surface area contributed by atoms with Crippen LogP contribution in [-0.4, -0.2) is 36.9 Å². The van der Waals surface area contributed by atoms with Crippen molar-refractivity contribution in [1.29, 1.82) is 0 Å². The van der Waals surface area contributed by atoms with E-state index in [0.29, 0.717) is 18.2 Å². The second-order valence-electron chi connectivity index (χ2n) is 5.22. The molecule has 6 nitrogen and oxygen atoms in total. The highest BCUT2D eigenvalue weighted by Gasteiger charge is 2.19. The third-order valence-electron chi connectivity index (χ3n) is 3.49. The van der Waals surface area contributed by atoms with Crippen LogP contribution in [-0.2, 0) is 6.54 Å². The quantitative estimate of drug-likeness (QED) is 0.456. The first-order chi connectivity index (χ1) is 9.60. The van der Waals surface area contributed by atoms with Crippen LogP contribution in [0.4, 0.5) is 0 Å². The molecule has 3 N–H and O–H groups in total. The van der Waals surface area contributed by atoms with Gasteiger partial charge in [0.1, 0.15) is 5.76 Å². The van der Waals surface area contributed by atoms with Crippen LogP contribution in [0, 0.1) is 5.92 Å². The van der Waals surface area contributed by atoms with Gasteiger partial charge in [0.15, 0.2) is 11.7 Å². The number of halogens is 1. The number of guanidine groups is 1. The molecule has 1 aliphatic heterocycles. The van der Waals surface area contributed by atoms with Gasteiger partial charge in [-0.1, -0.05) is 6.92 Å². The molecule has 2 rings (SSSR count). The van der Waals surface area contributed by atoms with E-state index >= 15 is 0 Å². The number of nitrogens with two attached hydrogens (primary N) is 1. The minimum Gasteiger partial charge on any atom is -0.454 e. The van der Waals surface area contributed by atoms with Gasteiger partial charge in [-0.05, 0) is 30.9 Å². The first-order valence-electron chi connectivity index (χ1n) is 6.94. The normalized spacial score (nSPS) is 19.0. The highest BCUT2D eigenvalue weighted by atomic mass is 127. The van der Waals surface area contributed by atoms with Crippen molar-refractivity contribution in [2.24, 2.45) is 16.6 Å². The van der Waals surface area contributed by atoms with E-state index in [-0.39, 0.29) is 29.7 Å². The largest absolute Gasteiger partial charge is 0.454 e. The van der Waals surface area contributed by atoms with E-state index in [0.717, 1.165) is 19.0 Å². The van der Waals surface area contributed by atoms with Crippen molar-refractivity contribution in [1.82, 2.24) is 10.2 Å². The number of piperidine rings is 1. The second-order valence-corrected chi connectivity index (χ2v) is 5.22. The van der Waals surface area contributed by atoms with Gasteiger partial charge in [0, 0.05) is 20.1 Å². The number of carbonyl (C=O) groups is 1. The summed E-state index contributed by atoms with van der Waals surface area (Å²) < 4.78 is 5.34. The van der Waals surface area contributed by atoms with Gasteiger partial charge in [-0.15, -0.1) is 24.0 Å². The molecule has 0 bridgehead atoms. The molecule has 21 heavy (non-hydrogen) atoms. The molecule has 0 aromatic carbocycles. The minimum atomic E-state index is -0.550. The molecule has 1 amide bonds. The molecule has 7 heteroatoms. The van der Waals surface area contributed by atoms with Crippen LogP contribution < -0.4 is 11.1 Å². The summed E-state index contributed by atoms with van der Waals surface area (Å²) in [5.41, 5.74) is 5.16. The number of carbonyl (C=O) groups excluding carboxylic acids is 1. The molecule has 1 aromatic heterocycles. The molecule has 118 valence electrons. The molecule has 1 aromatic rings. The number of nitrogens with zero attached hydrogens (tertiary/aromatic N) is 2. The predicted molar refractivity (Wildman–Crippen MR) is 92.8 cm³/mol. The van der Waals surface area contributed by atoms with Crippen LogP contribution >= 0.6 is 24.0 Å². The Labute approximate surface area is 142 Å². The van der Waals surface area contributed by atoms with Crippen molar-refractivity contribution in [2.45, 2.75) is 26.3 Å². The Bertz CT molecular complexity index is 501. The maximum Gasteiger partial charge on any atom is 0.284 e. The minimum absolute atomic E-state index is 0. The average molecular weight is 406 g/mol. The van der Waals surface area contributed by atoms with Crippen LogP contribution in [0.1, 0.15) is 36.1 Å². The van der Waals surface area contributed by atoms with Gasteiger partial charge in [-0.3, -0.25) is 9.79 Å². The first kappa shape index (κ1) is 17.8. The van der Waals surface area contributed by atoms with Crippen LogP contribution in [0.5, 0.6) is 0 Å². The summed E-state index contributed by atoms with van der Waals surface area (Å²) in [6.45, 7) is 4.79. The topological polar surface area (TPSA) is 83.9 Å². The number of rotatable bonds is 3. The van der Waals surface area contributed by atoms with E-state index in [1.54, 1.807) is 19.2 Å². The smallest absolute Gasteiger partial charge is 0.284 e. The van der Waals surface area contributed by atoms with Gasteiger partial charge in [-0.25, -0.2) is 0 Å². The number of hydrogen-bond acceptors (Lipinski definition) is 3. The zero-order valence-corrected chi connectivity index (χ0v) is 14.8. The number of nitrogens with one attached hydrogen (secondary N) is 1. The van der Waals surface area contributed by atoms with Gasteiger partial charge in [0.25, 0.3) is 5.91 Å². The first-order valence-corrected chi connectivity index (χ1v) is 6.94. The molecule has 1 atom stereocenters. The Morgan fingerprint density at radius 3 is 2.90 bits per heavy atom. The van der Waals surface area contributed by atoms with E-state index < -0.39 is 5.91 Å². The third kappa shape index (κ3) is 4.90. The molecule has 0 saturated carbocycles. The third-order valence-corrected chi connectivity index (χ3v) is 3.49. The Balaban J connectivity index is 0.00000220. The number of primary amides is 1. The van der Waals surface area contributed by atoms with Crippen LogP contribution in [0.2, 0.25) is 0 Å². The fraction of sp³-hybridized carbons (Fsp3) is 0.571. The molecule has 2 heterocycles. The number of hydrogen-bond donors (Lipinski definition) is 2. The van der Waals surface area contributed by atoms with Gasteiger partial charge in [0.2, 0.25) is 0 Å². The van der Waals surface area contributed by atoms with E-state index in [1.165, 1.54) is 12.8 Å². The Morgan fingerprint density at radius 1 is 1.57 bits per heavy atom. The van der Waals surface area contributed by atoms with Crippen molar-refractivity contribution in [3.8, 4) is 0 Å². The van der Waals surface area contributed by atoms with Crippen molar-refractivity contribution >= 4 is 35.8 Å². The zero-order chi connectivity index (χ0) is 14.5. The Morgan fingerprint density at radius 2 is 2.33 bits per heavy atom. The number of furan rings is 1. The zero-order valence-electron chi connectivity index (χ0n) is 12.5. The fourth-order valence-corrected chi connectivity index (χ4v) is 2.49. The number of aliphatic imine (C=N–C) groups is 1. The summed E-state index contributed by atoms with van der Waals surface area (Å²) >= 11 is 0. The molecule has 1 aliphatic rings. The number of likely N-dealkylation sites (tertiary alicyclic amines) is 1. The highest BCUT2D eigenvalue weighted by molar-refractivity contribution is 14.0. The maximum atomic E-state index is 11.0. The highest BCUT2D eigenvalue weighted by Crippen LogP contribution is 2.15. The average Bonchev–Trinajstić information content (AvgIpc) is 2.88. The van der Waals surface area contributed by atoms with E-state index in [9.17, 15) is 4.79 Å². The van der Waals surface area contributed by atoms with Crippen LogP contribution in [0.3, 0.4) is 0 Å². The molecule has 0 spiro atoms. The van der Waals surface area contributed by atoms with E-state index in [1.807, 2.05) is 0 Å². The van der Waals surface area contributed by atoms with Gasteiger partial charge in [0.05, 0.1) is 6.54 Å². The summed E-state index contributed by atoms with van der Waals surface area (Å²) in [5.74, 6) is 1.86. The maximum absolute atomic E-state index is 11.0. The van der Waals surface area contributed by atoms with Gasteiger partial charge in [-0.2, -0.15) is 0 Å². The fourth-order valence-electron chi connectivity index (χ4n) is 2.49. The number of amides is 1. The summed E-state index contributed by atoms with van der Waals surface area (Å²) in [4.78, 5) is 17.5. The van der Waals surface area contributed by atoms with Crippen molar-refractivity contribution in [2.75, 3.05) is 20.1 Å². The lowest BCUT2D eigenvalue weighted by Gasteiger charge is -2.33. The summed E-state index contributed by atoms with van der Waals surface area (Å²) in [6, 6.07) is 3.34. The summed E-state index contributed by atoms with van der Waals surface area (Å²) in [6.07, 6.45) is 2.46. The van der Waals surface area contributed by atoms with Crippen molar-refractivity contribution in [3.05, 3.63) is 23.7 Å². The Kier molecular flexibility index (Phi) is 7.00. The lowest BCUT2D eigenvalue weighted by Crippen LogP contribution is -2.45. The standard InChI is InChI=1S/C14H22N4O2.HI/c1-10-4-3-7-18(9-10)14(16-2)17-8-11-5-6-12(20-11)13(15)19;/h5-6,10H,3-4,7-9H2,1-2H3,(H2,15,19)(H,16,17);1H. The van der Waals surface area contributed by atoms with Gasteiger partial charge < -0.3 is 20.4 Å². The van der Waals surface area contributed by atoms with E-state index in [4.69, 9.17) is 10.2 Å². The molecule has 1 fully saturated rings. The molecule has 0 aliphatic carbocycles. The predicted octanol–water partition coefficient (Wildman–Crippen LogP) is 1.80. The van der Waals surface area contributed by atoms with Crippen LogP contribution in [0.25, 0.3) is 0 Å². The van der Waals surface area contributed by atoms with Crippen molar-refractivity contribution < 1.29 is 9.21 Å². The SMILES string of the molecule is CN=C(NCc1ccc(C(N)=O)o1)N1CCCC(C)C1.I. The molecule has 1 unspecified atom stereocenters. The summed E-state index contributed by atoms with van der Waals surface area (Å²) in [5, 5.41) is 3.26. The van der Waals surface area contributed by atoms with Gasteiger partial charge >= 0.3 is 0 Å². The molecule has 0 radical (unpaired) electrons. The van der Waals surface area contributed by atoms with Crippen LogP contribution in [0.15, 0.2) is 21.5 Å². The van der Waals surface area contributed by atoms with Crippen molar-refractivity contribution in [3.63, 3.8) is 0 Å². The molecular weight excluding hydrogens is 383 g/mol. The second kappa shape index (κ2) is 8.26. The van der Waals surface area contributed by atoms with E-state index in [2.05, 4.69) is 22.1 Å². The summed E-state index contributed by atoms with van der Waals surface area (Å²) in [7, 11) is 1.78. The monoisotopic (exact) mass is 406 g/mol. The lowest BCUT2D eigenvalue weighted by atomic mass is 10.0. The molecular formula is C14H23IN4O2. The molecule has 1 saturated heterocycles. The Hall–Kier alpha value is -1.25.